The molecule has 0 aliphatic heterocycles. The van der Waals surface area contributed by atoms with E-state index in [0.717, 1.165) is 11.8 Å². The van der Waals surface area contributed by atoms with Crippen LogP contribution in [0.4, 0.5) is 16.0 Å². The van der Waals surface area contributed by atoms with Crippen LogP contribution in [0.2, 0.25) is 5.02 Å². The highest BCUT2D eigenvalue weighted by Crippen LogP contribution is 2.24. The SMILES string of the molecule is Cc1ccc(Cl)c2c(=O)[nH]c(C(C)Nc3ncnc(N)c3C#Cc3ccc(F)cn3)nc12. The number of nitrogens with zero attached hydrogens (tertiary/aromatic N) is 4. The summed E-state index contributed by atoms with van der Waals surface area (Å²) in [5, 5.41) is 3.83. The first-order valence-electron chi connectivity index (χ1n) is 9.53. The Morgan fingerprint density at radius 1 is 1.19 bits per heavy atom. The molecule has 1 aromatic carbocycles. The van der Waals surface area contributed by atoms with Crippen LogP contribution >= 0.6 is 11.6 Å². The average Bonchev–Trinajstić information content (AvgIpc) is 2.76. The number of nitrogens with one attached hydrogen (secondary N) is 2. The molecular weight excluding hydrogens is 433 g/mol. The molecule has 10 heteroatoms. The Kier molecular flexibility index (Phi) is 5.71. The van der Waals surface area contributed by atoms with E-state index in [1.807, 2.05) is 6.92 Å². The topological polar surface area (TPSA) is 122 Å². The van der Waals surface area contributed by atoms with Crippen molar-refractivity contribution >= 4 is 34.1 Å². The summed E-state index contributed by atoms with van der Waals surface area (Å²) in [5.41, 5.74) is 7.71. The fraction of sp³-hybridized carbons (Fsp3) is 0.136. The molecule has 4 N–H and O–H groups in total. The van der Waals surface area contributed by atoms with Crippen molar-refractivity contribution in [2.24, 2.45) is 0 Å². The maximum absolute atomic E-state index is 13.1. The molecule has 0 aliphatic carbocycles. The number of aromatic nitrogens is 5. The summed E-state index contributed by atoms with van der Waals surface area (Å²) in [7, 11) is 0. The van der Waals surface area contributed by atoms with E-state index in [-0.39, 0.29) is 11.4 Å². The fourth-order valence-electron chi connectivity index (χ4n) is 3.04. The van der Waals surface area contributed by atoms with Crippen LogP contribution in [0, 0.1) is 24.6 Å². The van der Waals surface area contributed by atoms with Gasteiger partial charge in [0.25, 0.3) is 5.56 Å². The minimum Gasteiger partial charge on any atom is -0.382 e. The first kappa shape index (κ1) is 21.2. The molecule has 0 spiro atoms. The lowest BCUT2D eigenvalue weighted by Gasteiger charge is -2.16. The van der Waals surface area contributed by atoms with Crippen molar-refractivity contribution in [1.82, 2.24) is 24.9 Å². The molecule has 0 radical (unpaired) electrons. The normalized spacial score (nSPS) is 11.6. The predicted octanol–water partition coefficient (Wildman–Crippen LogP) is 3.36. The maximum Gasteiger partial charge on any atom is 0.260 e. The van der Waals surface area contributed by atoms with Gasteiger partial charge in [0, 0.05) is 0 Å². The summed E-state index contributed by atoms with van der Waals surface area (Å²) >= 11 is 6.18. The number of fused-ring (bicyclic) bond motifs is 1. The van der Waals surface area contributed by atoms with Gasteiger partial charge < -0.3 is 16.0 Å². The standard InChI is InChI=1S/C22H17ClFN7O/c1-11-3-8-16(23)17-18(11)30-20(31-22(17)32)12(2)29-21-15(19(25)27-10-28-21)7-6-14-5-4-13(24)9-26-14/h3-5,8-10,12H,1-2H3,(H,30,31,32)(H3,25,27,28,29). The number of hydrogen-bond donors (Lipinski definition) is 3. The van der Waals surface area contributed by atoms with Crippen LogP contribution in [0.3, 0.4) is 0 Å². The second kappa shape index (κ2) is 8.61. The molecule has 160 valence electrons. The number of anilines is 2. The summed E-state index contributed by atoms with van der Waals surface area (Å²) < 4.78 is 13.1. The van der Waals surface area contributed by atoms with Gasteiger partial charge in [-0.15, -0.1) is 0 Å². The number of hydrogen-bond acceptors (Lipinski definition) is 7. The molecule has 1 unspecified atom stereocenters. The third kappa shape index (κ3) is 4.22. The van der Waals surface area contributed by atoms with Crippen LogP contribution in [0.1, 0.15) is 35.6 Å². The zero-order valence-corrected chi connectivity index (χ0v) is 17.8. The molecule has 0 bridgehead atoms. The number of aryl methyl sites for hydroxylation is 1. The van der Waals surface area contributed by atoms with Gasteiger partial charge >= 0.3 is 0 Å². The Labute approximate surface area is 187 Å². The molecule has 32 heavy (non-hydrogen) atoms. The van der Waals surface area contributed by atoms with E-state index >= 15 is 0 Å². The van der Waals surface area contributed by atoms with Gasteiger partial charge in [-0.25, -0.2) is 24.3 Å². The van der Waals surface area contributed by atoms with Gasteiger partial charge in [0.2, 0.25) is 0 Å². The second-order valence-corrected chi connectivity index (χ2v) is 7.41. The van der Waals surface area contributed by atoms with Crippen molar-refractivity contribution < 1.29 is 4.39 Å². The lowest BCUT2D eigenvalue weighted by atomic mass is 10.1. The van der Waals surface area contributed by atoms with Crippen molar-refractivity contribution in [3.63, 3.8) is 0 Å². The Hall–Kier alpha value is -4.03. The summed E-state index contributed by atoms with van der Waals surface area (Å²) in [6.45, 7) is 3.66. The number of halogens is 2. The van der Waals surface area contributed by atoms with Crippen LogP contribution in [-0.2, 0) is 0 Å². The number of aromatic amines is 1. The summed E-state index contributed by atoms with van der Waals surface area (Å²) in [6.07, 6.45) is 2.37. The molecule has 3 aromatic heterocycles. The molecule has 4 aromatic rings. The Balaban J connectivity index is 1.70. The molecular formula is C22H17ClFN7O. The molecule has 4 rings (SSSR count). The van der Waals surface area contributed by atoms with Gasteiger partial charge in [-0.05, 0) is 43.5 Å². The first-order valence-corrected chi connectivity index (χ1v) is 9.91. The van der Waals surface area contributed by atoms with Crippen molar-refractivity contribution in [2.75, 3.05) is 11.1 Å². The Bertz CT molecular complexity index is 1440. The van der Waals surface area contributed by atoms with Gasteiger partial charge in [0.15, 0.2) is 0 Å². The fourth-order valence-corrected chi connectivity index (χ4v) is 3.28. The van der Waals surface area contributed by atoms with E-state index < -0.39 is 11.9 Å². The van der Waals surface area contributed by atoms with E-state index in [1.54, 1.807) is 19.1 Å². The van der Waals surface area contributed by atoms with Crippen molar-refractivity contribution in [1.29, 1.82) is 0 Å². The van der Waals surface area contributed by atoms with E-state index in [2.05, 4.69) is 42.1 Å². The molecule has 0 saturated carbocycles. The zero-order chi connectivity index (χ0) is 22.8. The van der Waals surface area contributed by atoms with E-state index in [1.165, 1.54) is 18.5 Å². The van der Waals surface area contributed by atoms with E-state index in [4.69, 9.17) is 17.3 Å². The Morgan fingerprint density at radius 3 is 2.75 bits per heavy atom. The average molecular weight is 450 g/mol. The minimum atomic E-state index is -0.456. The predicted molar refractivity (Wildman–Crippen MR) is 121 cm³/mol. The van der Waals surface area contributed by atoms with Crippen molar-refractivity contribution in [2.45, 2.75) is 19.9 Å². The lowest BCUT2D eigenvalue weighted by molar-refractivity contribution is 0.621. The van der Waals surface area contributed by atoms with Crippen molar-refractivity contribution in [3.8, 4) is 11.8 Å². The minimum absolute atomic E-state index is 0.159. The van der Waals surface area contributed by atoms with E-state index in [0.29, 0.717) is 38.8 Å². The van der Waals surface area contributed by atoms with Gasteiger partial charge in [-0.2, -0.15) is 0 Å². The molecule has 8 nitrogen and oxygen atoms in total. The van der Waals surface area contributed by atoms with Crippen LogP contribution in [-0.4, -0.2) is 24.9 Å². The van der Waals surface area contributed by atoms with Crippen LogP contribution in [0.5, 0.6) is 0 Å². The summed E-state index contributed by atoms with van der Waals surface area (Å²) in [5.74, 6) is 6.14. The van der Waals surface area contributed by atoms with Crippen LogP contribution < -0.4 is 16.6 Å². The number of benzene rings is 1. The molecule has 3 heterocycles. The largest absolute Gasteiger partial charge is 0.382 e. The van der Waals surface area contributed by atoms with Gasteiger partial charge in [-0.1, -0.05) is 23.6 Å². The van der Waals surface area contributed by atoms with Crippen LogP contribution in [0.25, 0.3) is 10.9 Å². The van der Waals surface area contributed by atoms with Crippen LogP contribution in [0.15, 0.2) is 41.6 Å². The first-order chi connectivity index (χ1) is 15.3. The number of H-pyrrole nitrogens is 1. The van der Waals surface area contributed by atoms with Crippen molar-refractivity contribution in [3.05, 3.63) is 80.6 Å². The van der Waals surface area contributed by atoms with Gasteiger partial charge in [0.1, 0.15) is 40.9 Å². The second-order valence-electron chi connectivity index (χ2n) is 7.00. The molecule has 0 fully saturated rings. The van der Waals surface area contributed by atoms with Gasteiger partial charge in [-0.3, -0.25) is 4.79 Å². The maximum atomic E-state index is 13.1. The van der Waals surface area contributed by atoms with E-state index in [9.17, 15) is 9.18 Å². The smallest absolute Gasteiger partial charge is 0.260 e. The molecule has 1 atom stereocenters. The Morgan fingerprint density at radius 2 is 2.00 bits per heavy atom. The number of nitrogens with two attached hydrogens (primary N) is 1. The van der Waals surface area contributed by atoms with Gasteiger partial charge in [0.05, 0.1) is 28.2 Å². The highest BCUT2D eigenvalue weighted by molar-refractivity contribution is 6.35. The summed E-state index contributed by atoms with van der Waals surface area (Å²) in [4.78, 5) is 32.1. The number of nitrogen functional groups attached to an aromatic ring is 1. The monoisotopic (exact) mass is 449 g/mol. The third-order valence-corrected chi connectivity index (χ3v) is 5.03. The molecule has 0 amide bonds. The highest BCUT2D eigenvalue weighted by atomic mass is 35.5. The number of rotatable bonds is 3. The zero-order valence-electron chi connectivity index (χ0n) is 17.1. The molecule has 0 aliphatic rings. The highest BCUT2D eigenvalue weighted by Gasteiger charge is 2.16. The number of pyridine rings is 1. The summed E-state index contributed by atoms with van der Waals surface area (Å²) in [6, 6.07) is 5.74. The quantitative estimate of drug-likeness (QED) is 0.410. The third-order valence-electron chi connectivity index (χ3n) is 4.71. The lowest BCUT2D eigenvalue weighted by Crippen LogP contribution is -2.19. The molecule has 0 saturated heterocycles.